The smallest absolute Gasteiger partial charge is 0.272 e. The summed E-state index contributed by atoms with van der Waals surface area (Å²) in [6.07, 6.45) is 8.11. The van der Waals surface area contributed by atoms with Crippen molar-refractivity contribution in [1.29, 1.82) is 0 Å². The van der Waals surface area contributed by atoms with Gasteiger partial charge in [-0.05, 0) is 53.9 Å². The van der Waals surface area contributed by atoms with E-state index in [1.54, 1.807) is 30.6 Å². The van der Waals surface area contributed by atoms with Gasteiger partial charge in [0.15, 0.2) is 5.69 Å². The Labute approximate surface area is 211 Å². The Morgan fingerprint density at radius 2 is 1.94 bits per heavy atom. The predicted octanol–water partition coefficient (Wildman–Crippen LogP) is 2.73. The van der Waals surface area contributed by atoms with Gasteiger partial charge >= 0.3 is 0 Å². The second-order valence-electron chi connectivity index (χ2n) is 8.72. The predicted molar refractivity (Wildman–Crippen MR) is 142 cm³/mol. The van der Waals surface area contributed by atoms with E-state index in [9.17, 15) is 9.59 Å². The Morgan fingerprint density at radius 3 is 2.69 bits per heavy atom. The van der Waals surface area contributed by atoms with Crippen LogP contribution in [0.5, 0.6) is 0 Å². The highest BCUT2D eigenvalue weighted by Gasteiger charge is 2.19. The number of amides is 2. The van der Waals surface area contributed by atoms with Gasteiger partial charge in [0.25, 0.3) is 11.8 Å². The Hall–Kier alpha value is -3.95. The standard InChI is InChI=1S/C27H33N7O2/c1-29-34(16-13-28)18-19-11-12-23(22-9-3-2-8-21(19)22)26(35)33-24-10-6-15-31-25(24)27(36)32-17-20-7-4-5-14-30-20/h2-3,6,8-13,15-16,20,29-30H,4-5,7,14,17-18,28H2,1H3,(H,32,36)(H,33,35). The number of pyridine rings is 1. The molecule has 0 spiro atoms. The van der Waals surface area contributed by atoms with E-state index in [4.69, 9.17) is 5.73 Å². The average Bonchev–Trinajstić information content (AvgIpc) is 2.92. The molecule has 4 rings (SSSR count). The number of aromatic nitrogens is 1. The number of hydrogen-bond acceptors (Lipinski definition) is 7. The lowest BCUT2D eigenvalue weighted by Crippen LogP contribution is -2.43. The van der Waals surface area contributed by atoms with E-state index in [-0.39, 0.29) is 23.6 Å². The van der Waals surface area contributed by atoms with Crippen molar-refractivity contribution in [2.24, 2.45) is 5.73 Å². The van der Waals surface area contributed by atoms with Crippen LogP contribution in [-0.2, 0) is 6.54 Å². The molecule has 0 aliphatic carbocycles. The lowest BCUT2D eigenvalue weighted by atomic mass is 9.98. The highest BCUT2D eigenvalue weighted by atomic mass is 16.2. The zero-order chi connectivity index (χ0) is 25.3. The Balaban J connectivity index is 1.54. The van der Waals surface area contributed by atoms with Crippen molar-refractivity contribution in [3.05, 3.63) is 83.9 Å². The van der Waals surface area contributed by atoms with E-state index in [0.29, 0.717) is 24.3 Å². The van der Waals surface area contributed by atoms with Gasteiger partial charge in [-0.25, -0.2) is 10.4 Å². The summed E-state index contributed by atoms with van der Waals surface area (Å²) < 4.78 is 0. The maximum Gasteiger partial charge on any atom is 0.272 e. The maximum atomic E-state index is 13.4. The Bertz CT molecular complexity index is 1240. The number of carbonyl (C=O) groups is 2. The number of hydrazine groups is 1. The van der Waals surface area contributed by atoms with Crippen LogP contribution in [0.3, 0.4) is 0 Å². The number of nitrogens with zero attached hydrogens (tertiary/aromatic N) is 2. The van der Waals surface area contributed by atoms with Crippen molar-refractivity contribution >= 4 is 28.3 Å². The molecule has 0 radical (unpaired) electrons. The summed E-state index contributed by atoms with van der Waals surface area (Å²) in [6, 6.07) is 15.1. The molecule has 9 nitrogen and oxygen atoms in total. The number of hydrogen-bond donors (Lipinski definition) is 5. The zero-order valence-electron chi connectivity index (χ0n) is 20.5. The summed E-state index contributed by atoms with van der Waals surface area (Å²) in [5.41, 5.74) is 10.7. The molecular formula is C27H33N7O2. The summed E-state index contributed by atoms with van der Waals surface area (Å²) in [5.74, 6) is -0.611. The minimum Gasteiger partial charge on any atom is -0.403 e. The molecule has 1 unspecified atom stereocenters. The number of anilines is 1. The van der Waals surface area contributed by atoms with Crippen LogP contribution in [0, 0.1) is 0 Å². The molecule has 1 fully saturated rings. The SMILES string of the molecule is CNN(C=CN)Cc1ccc(C(=O)Nc2cccnc2C(=O)NCC2CCCCN2)c2ccccc12. The molecular weight excluding hydrogens is 454 g/mol. The van der Waals surface area contributed by atoms with Crippen molar-refractivity contribution in [3.63, 3.8) is 0 Å². The number of benzene rings is 2. The molecule has 1 aliphatic heterocycles. The summed E-state index contributed by atoms with van der Waals surface area (Å²) in [6.45, 7) is 2.06. The van der Waals surface area contributed by atoms with E-state index in [0.717, 1.165) is 42.1 Å². The van der Waals surface area contributed by atoms with Crippen molar-refractivity contribution in [3.8, 4) is 0 Å². The first-order valence-corrected chi connectivity index (χ1v) is 12.2. The molecule has 9 heteroatoms. The summed E-state index contributed by atoms with van der Waals surface area (Å²) in [7, 11) is 1.82. The summed E-state index contributed by atoms with van der Waals surface area (Å²) >= 11 is 0. The minimum absolute atomic E-state index is 0.195. The Morgan fingerprint density at radius 1 is 1.11 bits per heavy atom. The van der Waals surface area contributed by atoms with Crippen LogP contribution in [0.25, 0.3) is 10.8 Å². The van der Waals surface area contributed by atoms with Gasteiger partial charge in [-0.1, -0.05) is 36.8 Å². The number of piperidine rings is 1. The van der Waals surface area contributed by atoms with Gasteiger partial charge in [0.1, 0.15) is 0 Å². The molecule has 1 aromatic heterocycles. The van der Waals surface area contributed by atoms with Gasteiger partial charge in [0, 0.05) is 43.8 Å². The fourth-order valence-corrected chi connectivity index (χ4v) is 4.47. The second-order valence-corrected chi connectivity index (χ2v) is 8.72. The van der Waals surface area contributed by atoms with Gasteiger partial charge < -0.3 is 26.7 Å². The van der Waals surface area contributed by atoms with Gasteiger partial charge in [0.2, 0.25) is 0 Å². The summed E-state index contributed by atoms with van der Waals surface area (Å²) in [5, 5.41) is 12.9. The van der Waals surface area contributed by atoms with Crippen LogP contribution in [0.1, 0.15) is 45.7 Å². The third-order valence-corrected chi connectivity index (χ3v) is 6.35. The van der Waals surface area contributed by atoms with Crippen molar-refractivity contribution < 1.29 is 9.59 Å². The lowest BCUT2D eigenvalue weighted by Gasteiger charge is -2.23. The topological polar surface area (TPSA) is 124 Å². The lowest BCUT2D eigenvalue weighted by molar-refractivity contribution is 0.0943. The summed E-state index contributed by atoms with van der Waals surface area (Å²) in [4.78, 5) is 30.5. The molecule has 6 N–H and O–H groups in total. The number of rotatable bonds is 9. The van der Waals surface area contributed by atoms with Crippen LogP contribution < -0.4 is 27.1 Å². The molecule has 0 bridgehead atoms. The molecule has 2 aromatic carbocycles. The quantitative estimate of drug-likeness (QED) is 0.294. The third kappa shape index (κ3) is 5.99. The normalized spacial score (nSPS) is 15.6. The molecule has 1 saturated heterocycles. The minimum atomic E-state index is -0.307. The van der Waals surface area contributed by atoms with E-state index in [1.165, 1.54) is 6.20 Å². The molecule has 0 saturated carbocycles. The first-order valence-electron chi connectivity index (χ1n) is 12.2. The van der Waals surface area contributed by atoms with Crippen LogP contribution >= 0.6 is 0 Å². The molecule has 2 heterocycles. The van der Waals surface area contributed by atoms with Crippen LogP contribution in [0.4, 0.5) is 5.69 Å². The van der Waals surface area contributed by atoms with Crippen molar-refractivity contribution in [2.75, 3.05) is 25.5 Å². The molecule has 1 aliphatic rings. The third-order valence-electron chi connectivity index (χ3n) is 6.35. The number of carbonyl (C=O) groups excluding carboxylic acids is 2. The molecule has 2 amide bonds. The van der Waals surface area contributed by atoms with Crippen molar-refractivity contribution in [2.45, 2.75) is 31.8 Å². The molecule has 188 valence electrons. The van der Waals surface area contributed by atoms with Crippen LogP contribution in [0.2, 0.25) is 0 Å². The molecule has 36 heavy (non-hydrogen) atoms. The highest BCUT2D eigenvalue weighted by molar-refractivity contribution is 6.15. The van der Waals surface area contributed by atoms with E-state index < -0.39 is 0 Å². The monoisotopic (exact) mass is 487 g/mol. The van der Waals surface area contributed by atoms with Crippen LogP contribution in [-0.4, -0.2) is 48.0 Å². The Kier molecular flexibility index (Phi) is 8.48. The maximum absolute atomic E-state index is 13.4. The first kappa shape index (κ1) is 25.2. The van der Waals surface area contributed by atoms with E-state index in [2.05, 4.69) is 26.4 Å². The number of nitrogens with two attached hydrogens (primary N) is 1. The van der Waals surface area contributed by atoms with Crippen molar-refractivity contribution in [1.82, 2.24) is 26.1 Å². The van der Waals surface area contributed by atoms with Gasteiger partial charge in [-0.3, -0.25) is 9.59 Å². The fraction of sp³-hybridized carbons (Fsp3) is 0.296. The number of nitrogens with one attached hydrogen (secondary N) is 4. The average molecular weight is 488 g/mol. The van der Waals surface area contributed by atoms with Crippen LogP contribution in [0.15, 0.2) is 67.1 Å². The largest absolute Gasteiger partial charge is 0.403 e. The second kappa shape index (κ2) is 12.1. The fourth-order valence-electron chi connectivity index (χ4n) is 4.47. The molecule has 1 atom stereocenters. The van der Waals surface area contributed by atoms with E-state index in [1.807, 2.05) is 42.4 Å². The van der Waals surface area contributed by atoms with Gasteiger partial charge in [0.05, 0.1) is 12.2 Å². The van der Waals surface area contributed by atoms with Gasteiger partial charge in [-0.2, -0.15) is 0 Å². The zero-order valence-corrected chi connectivity index (χ0v) is 20.5. The van der Waals surface area contributed by atoms with Gasteiger partial charge in [-0.15, -0.1) is 0 Å². The van der Waals surface area contributed by atoms with E-state index >= 15 is 0 Å². The first-order chi connectivity index (χ1) is 17.6. The highest BCUT2D eigenvalue weighted by Crippen LogP contribution is 2.25. The molecule has 3 aromatic rings. The number of fused-ring (bicyclic) bond motifs is 1.